The molecule has 0 amide bonds. The van der Waals surface area contributed by atoms with Crippen molar-refractivity contribution in [2.24, 2.45) is 11.1 Å². The molecule has 1 atom stereocenters. The Bertz CT molecular complexity index is 818. The van der Waals surface area contributed by atoms with Gasteiger partial charge in [0.15, 0.2) is 0 Å². The van der Waals surface area contributed by atoms with E-state index in [1.165, 1.54) is 12.2 Å². The lowest BCUT2D eigenvalue weighted by Crippen LogP contribution is -2.39. The molecule has 0 fully saturated rings. The fourth-order valence-electron chi connectivity index (χ4n) is 2.15. The summed E-state index contributed by atoms with van der Waals surface area (Å²) >= 11 is 6.01. The van der Waals surface area contributed by atoms with E-state index in [1.54, 1.807) is 18.8 Å². The lowest BCUT2D eigenvalue weighted by Gasteiger charge is -2.21. The first-order valence-corrected chi connectivity index (χ1v) is 7.26. The molecular formula is C14H13ClF3N3O3. The molecule has 0 saturated carbocycles. The summed E-state index contributed by atoms with van der Waals surface area (Å²) in [5.74, 6) is -0.635. The minimum atomic E-state index is -4.82. The van der Waals surface area contributed by atoms with Gasteiger partial charge in [-0.2, -0.15) is 13.2 Å². The van der Waals surface area contributed by atoms with E-state index < -0.39 is 29.0 Å². The molecule has 0 saturated heterocycles. The van der Waals surface area contributed by atoms with Crippen molar-refractivity contribution in [1.29, 1.82) is 0 Å². The van der Waals surface area contributed by atoms with Gasteiger partial charge in [0.25, 0.3) is 5.56 Å². The Morgan fingerprint density at radius 3 is 2.58 bits per heavy atom. The number of halogens is 4. The van der Waals surface area contributed by atoms with Gasteiger partial charge in [-0.15, -0.1) is 0 Å². The summed E-state index contributed by atoms with van der Waals surface area (Å²) < 4.78 is 38.6. The van der Waals surface area contributed by atoms with Crippen LogP contribution in [0, 0.1) is 5.92 Å². The zero-order valence-electron chi connectivity index (χ0n) is 12.6. The normalized spacial score (nSPS) is 19.9. The minimum absolute atomic E-state index is 0.137. The molecule has 0 bridgehead atoms. The average Bonchev–Trinajstić information content (AvgIpc) is 2.47. The van der Waals surface area contributed by atoms with Gasteiger partial charge in [-0.1, -0.05) is 23.7 Å². The topological polar surface area (TPSA) is 76.5 Å². The Balaban J connectivity index is 2.57. The van der Waals surface area contributed by atoms with E-state index in [1.807, 2.05) is 0 Å². The Morgan fingerprint density at radius 1 is 1.38 bits per heavy atom. The van der Waals surface area contributed by atoms with E-state index in [-0.39, 0.29) is 23.0 Å². The first kappa shape index (κ1) is 18.1. The van der Waals surface area contributed by atoms with E-state index in [2.05, 4.69) is 5.16 Å². The SMILES string of the molecule is CCON=C1C(Cl)=CC=C(n2c(=O)cc(C(F)(F)F)[nH]c2=O)C1C. The van der Waals surface area contributed by atoms with Crippen molar-refractivity contribution in [2.45, 2.75) is 20.0 Å². The van der Waals surface area contributed by atoms with Gasteiger partial charge in [0.1, 0.15) is 18.0 Å². The molecule has 10 heteroatoms. The molecule has 1 aliphatic rings. The Kier molecular flexibility index (Phi) is 5.02. The molecule has 1 N–H and O–H groups in total. The zero-order valence-corrected chi connectivity index (χ0v) is 13.4. The third-order valence-electron chi connectivity index (χ3n) is 3.29. The van der Waals surface area contributed by atoms with Crippen LogP contribution in [0.5, 0.6) is 0 Å². The van der Waals surface area contributed by atoms with Crippen molar-refractivity contribution in [3.8, 4) is 0 Å². The van der Waals surface area contributed by atoms with Crippen molar-refractivity contribution in [3.63, 3.8) is 0 Å². The van der Waals surface area contributed by atoms with Crippen LogP contribution >= 0.6 is 11.6 Å². The van der Waals surface area contributed by atoms with Crippen LogP contribution in [0.4, 0.5) is 13.2 Å². The highest BCUT2D eigenvalue weighted by Crippen LogP contribution is 2.28. The predicted octanol–water partition coefficient (Wildman–Crippen LogP) is 2.56. The van der Waals surface area contributed by atoms with Crippen LogP contribution in [-0.4, -0.2) is 21.9 Å². The fraction of sp³-hybridized carbons (Fsp3) is 0.357. The fourth-order valence-corrected chi connectivity index (χ4v) is 2.41. The second-order valence-electron chi connectivity index (χ2n) is 4.88. The predicted molar refractivity (Wildman–Crippen MR) is 82.8 cm³/mol. The number of alkyl halides is 3. The number of aromatic amines is 1. The van der Waals surface area contributed by atoms with Crippen LogP contribution in [0.15, 0.2) is 38.0 Å². The largest absolute Gasteiger partial charge is 0.431 e. The van der Waals surface area contributed by atoms with Crippen molar-refractivity contribution < 1.29 is 18.0 Å². The second-order valence-corrected chi connectivity index (χ2v) is 5.29. The summed E-state index contributed by atoms with van der Waals surface area (Å²) in [6.07, 6.45) is -2.06. The van der Waals surface area contributed by atoms with Crippen LogP contribution in [0.2, 0.25) is 0 Å². The third kappa shape index (κ3) is 3.45. The number of nitrogens with zero attached hydrogens (tertiary/aromatic N) is 2. The highest BCUT2D eigenvalue weighted by molar-refractivity contribution is 6.45. The highest BCUT2D eigenvalue weighted by atomic mass is 35.5. The summed E-state index contributed by atoms with van der Waals surface area (Å²) in [6, 6.07) is 0.328. The van der Waals surface area contributed by atoms with Crippen LogP contribution < -0.4 is 11.2 Å². The third-order valence-corrected chi connectivity index (χ3v) is 3.61. The van der Waals surface area contributed by atoms with E-state index in [0.29, 0.717) is 10.6 Å². The number of hydrogen-bond acceptors (Lipinski definition) is 4. The van der Waals surface area contributed by atoms with E-state index in [9.17, 15) is 22.8 Å². The van der Waals surface area contributed by atoms with Gasteiger partial charge in [-0.3, -0.25) is 4.79 Å². The molecule has 1 aromatic heterocycles. The van der Waals surface area contributed by atoms with Crippen LogP contribution in [-0.2, 0) is 11.0 Å². The molecule has 6 nitrogen and oxygen atoms in total. The number of allylic oxidation sites excluding steroid dienone is 4. The van der Waals surface area contributed by atoms with Gasteiger partial charge in [-0.25, -0.2) is 9.36 Å². The molecule has 0 spiro atoms. The van der Waals surface area contributed by atoms with Gasteiger partial charge in [-0.05, 0) is 19.1 Å². The molecule has 0 aromatic carbocycles. The van der Waals surface area contributed by atoms with Crippen molar-refractivity contribution in [1.82, 2.24) is 9.55 Å². The lowest BCUT2D eigenvalue weighted by atomic mass is 9.96. The number of hydrogen-bond donors (Lipinski definition) is 1. The zero-order chi connectivity index (χ0) is 18.1. The van der Waals surface area contributed by atoms with Gasteiger partial charge < -0.3 is 9.82 Å². The van der Waals surface area contributed by atoms with E-state index >= 15 is 0 Å². The maximum atomic E-state index is 12.7. The van der Waals surface area contributed by atoms with Crippen molar-refractivity contribution in [2.75, 3.05) is 6.61 Å². The Labute approximate surface area is 138 Å². The van der Waals surface area contributed by atoms with E-state index in [4.69, 9.17) is 16.4 Å². The van der Waals surface area contributed by atoms with Gasteiger partial charge in [0.2, 0.25) is 0 Å². The minimum Gasteiger partial charge on any atom is -0.396 e. The first-order valence-electron chi connectivity index (χ1n) is 6.88. The summed E-state index contributed by atoms with van der Waals surface area (Å²) in [4.78, 5) is 30.6. The Morgan fingerprint density at radius 2 is 2.04 bits per heavy atom. The number of H-pyrrole nitrogens is 1. The standard InChI is InChI=1S/C14H13ClF3N3O3/c1-3-24-20-12-7(2)9(5-4-8(12)15)21-11(22)6-10(14(16,17)18)19-13(21)23/h4-7H,3H2,1-2H3,(H,19,23). The molecule has 130 valence electrons. The molecule has 24 heavy (non-hydrogen) atoms. The van der Waals surface area contributed by atoms with Crippen molar-refractivity contribution in [3.05, 3.63) is 49.8 Å². The van der Waals surface area contributed by atoms with E-state index in [0.717, 1.165) is 0 Å². The number of oxime groups is 1. The van der Waals surface area contributed by atoms with Gasteiger partial charge in [0.05, 0.1) is 5.03 Å². The molecule has 2 rings (SSSR count). The quantitative estimate of drug-likeness (QED) is 0.838. The molecular weight excluding hydrogens is 351 g/mol. The summed E-state index contributed by atoms with van der Waals surface area (Å²) in [5.41, 5.74) is -3.31. The summed E-state index contributed by atoms with van der Waals surface area (Å²) in [5, 5.41) is 4.07. The molecule has 0 radical (unpaired) electrons. The maximum absolute atomic E-state index is 12.7. The molecule has 1 heterocycles. The van der Waals surface area contributed by atoms with Crippen LogP contribution in [0.25, 0.3) is 5.70 Å². The molecule has 1 unspecified atom stereocenters. The monoisotopic (exact) mass is 363 g/mol. The number of nitrogens with one attached hydrogen (secondary N) is 1. The highest BCUT2D eigenvalue weighted by Gasteiger charge is 2.34. The van der Waals surface area contributed by atoms with Gasteiger partial charge in [0, 0.05) is 17.7 Å². The molecule has 1 aromatic rings. The lowest BCUT2D eigenvalue weighted by molar-refractivity contribution is -0.141. The van der Waals surface area contributed by atoms with Crippen molar-refractivity contribution >= 4 is 23.0 Å². The smallest absolute Gasteiger partial charge is 0.396 e. The van der Waals surface area contributed by atoms with Crippen LogP contribution in [0.3, 0.4) is 0 Å². The maximum Gasteiger partial charge on any atom is 0.431 e. The second kappa shape index (κ2) is 6.68. The first-order chi connectivity index (χ1) is 11.2. The number of aromatic nitrogens is 2. The summed E-state index contributed by atoms with van der Waals surface area (Å²) in [7, 11) is 0. The molecule has 0 aliphatic heterocycles. The van der Waals surface area contributed by atoms with Gasteiger partial charge >= 0.3 is 11.9 Å². The summed E-state index contributed by atoms with van der Waals surface area (Å²) in [6.45, 7) is 3.58. The average molecular weight is 364 g/mol. The Hall–Kier alpha value is -2.29. The van der Waals surface area contributed by atoms with Crippen LogP contribution in [0.1, 0.15) is 19.5 Å². The number of rotatable bonds is 3. The molecule has 1 aliphatic carbocycles.